The molecule has 1 N–H and O–H groups in total. The van der Waals surface area contributed by atoms with Gasteiger partial charge in [0.05, 0.1) is 7.11 Å². The van der Waals surface area contributed by atoms with Gasteiger partial charge >= 0.3 is 0 Å². The summed E-state index contributed by atoms with van der Waals surface area (Å²) in [4.78, 5) is 5.36. The van der Waals surface area contributed by atoms with Gasteiger partial charge in [0.2, 0.25) is 0 Å². The minimum atomic E-state index is -2.18. The number of hydrogen-bond acceptors (Lipinski definition) is 6. The van der Waals surface area contributed by atoms with Crippen molar-refractivity contribution >= 4 is 11.1 Å². The Morgan fingerprint density at radius 2 is 1.84 bits per heavy atom. The molecule has 2 heterocycles. The van der Waals surface area contributed by atoms with Crippen molar-refractivity contribution in [2.24, 2.45) is 0 Å². The fourth-order valence-corrected chi connectivity index (χ4v) is 3.65. The molecule has 0 bridgehead atoms. The van der Waals surface area contributed by atoms with Gasteiger partial charge in [-0.15, -0.1) is 0 Å². The predicted molar refractivity (Wildman–Crippen MR) is 99.9 cm³/mol. The van der Waals surface area contributed by atoms with Crippen LogP contribution < -0.4 is 10.1 Å². The van der Waals surface area contributed by atoms with Crippen LogP contribution in [0.25, 0.3) is 0 Å². The van der Waals surface area contributed by atoms with Gasteiger partial charge < -0.3 is 19.5 Å². The van der Waals surface area contributed by atoms with E-state index in [1.54, 1.807) is 12.1 Å². The van der Waals surface area contributed by atoms with Crippen LogP contribution in [-0.2, 0) is 11.1 Å². The van der Waals surface area contributed by atoms with E-state index in [0.29, 0.717) is 5.75 Å². The van der Waals surface area contributed by atoms with Gasteiger partial charge in [0.15, 0.2) is 0 Å². The fraction of sp³-hybridized carbons (Fsp3) is 0.667. The molecule has 3 rings (SSSR count). The Morgan fingerprint density at radius 1 is 1.20 bits per heavy atom. The molecule has 25 heavy (non-hydrogen) atoms. The molecule has 1 atom stereocenters. The van der Waals surface area contributed by atoms with E-state index < -0.39 is 11.1 Å². The van der Waals surface area contributed by atoms with Crippen LogP contribution in [0.15, 0.2) is 23.1 Å². The summed E-state index contributed by atoms with van der Waals surface area (Å²) in [7, 11) is 3.74. The minimum Gasteiger partial charge on any atom is -0.768 e. The molecule has 2 saturated heterocycles. The number of likely N-dealkylation sites (N-methyl/N-ethyl adjacent to an activating group) is 1. The van der Waals surface area contributed by atoms with Gasteiger partial charge in [-0.1, -0.05) is 6.07 Å². The molecule has 2 aliphatic heterocycles. The molecule has 1 aromatic rings. The number of piperazine rings is 1. The van der Waals surface area contributed by atoms with E-state index in [9.17, 15) is 8.76 Å². The molecule has 0 radical (unpaired) electrons. The Kier molecular flexibility index (Phi) is 8.32. The third-order valence-corrected chi connectivity index (χ3v) is 5.57. The van der Waals surface area contributed by atoms with Crippen molar-refractivity contribution in [1.29, 1.82) is 0 Å². The van der Waals surface area contributed by atoms with E-state index in [4.69, 9.17) is 4.74 Å². The summed E-state index contributed by atoms with van der Waals surface area (Å²) in [6.45, 7) is 9.36. The second-order valence-electron chi connectivity index (χ2n) is 6.69. The normalized spacial score (nSPS) is 21.3. The largest absolute Gasteiger partial charge is 0.768 e. The molecule has 1 unspecified atom stereocenters. The molecule has 0 aromatic heterocycles. The van der Waals surface area contributed by atoms with Crippen LogP contribution in [0, 0.1) is 6.92 Å². The highest BCUT2D eigenvalue weighted by atomic mass is 32.2. The maximum absolute atomic E-state index is 10.5. The number of rotatable bonds is 3. The Labute approximate surface area is 153 Å². The zero-order valence-electron chi connectivity index (χ0n) is 15.5. The summed E-state index contributed by atoms with van der Waals surface area (Å²) in [6.07, 6.45) is 2.70. The standard InChI is InChI=1S/C10H21N3.C8H10O3S/c1-12-6-8-13(9-7-12)10-2-4-11-5-3-10;1-6-3-4-7(12(9)10)5-8(6)11-2/h10-11H,2-9H2,1H3;3-5H,1-2H3,(H,9,10)/p-1. The third-order valence-electron chi connectivity index (χ3n) is 4.93. The van der Waals surface area contributed by atoms with Crippen LogP contribution in [0.4, 0.5) is 0 Å². The molecule has 142 valence electrons. The Bertz CT molecular complexity index is 556. The van der Waals surface area contributed by atoms with Crippen molar-refractivity contribution in [3.8, 4) is 5.75 Å². The molecule has 0 aliphatic carbocycles. The molecule has 7 heteroatoms. The van der Waals surface area contributed by atoms with E-state index in [1.807, 2.05) is 6.92 Å². The van der Waals surface area contributed by atoms with Crippen LogP contribution in [0.5, 0.6) is 5.75 Å². The first kappa shape index (κ1) is 20.3. The monoisotopic (exact) mass is 368 g/mol. The average molecular weight is 369 g/mol. The van der Waals surface area contributed by atoms with Crippen LogP contribution in [0.2, 0.25) is 0 Å². The highest BCUT2D eigenvalue weighted by molar-refractivity contribution is 7.79. The fourth-order valence-electron chi connectivity index (χ4n) is 3.26. The zero-order chi connectivity index (χ0) is 18.2. The molecular weight excluding hydrogens is 338 g/mol. The van der Waals surface area contributed by atoms with Crippen LogP contribution >= 0.6 is 0 Å². The minimum absolute atomic E-state index is 0.248. The summed E-state index contributed by atoms with van der Waals surface area (Å²) < 4.78 is 26.0. The molecule has 0 amide bonds. The first-order valence-corrected chi connectivity index (χ1v) is 9.96. The highest BCUT2D eigenvalue weighted by Gasteiger charge is 2.23. The topological polar surface area (TPSA) is 67.9 Å². The molecule has 1 aromatic carbocycles. The van der Waals surface area contributed by atoms with Crippen molar-refractivity contribution in [1.82, 2.24) is 15.1 Å². The number of piperidine rings is 1. The van der Waals surface area contributed by atoms with Crippen molar-refractivity contribution < 1.29 is 13.5 Å². The summed E-state index contributed by atoms with van der Waals surface area (Å²) in [5.74, 6) is 0.594. The molecule has 6 nitrogen and oxygen atoms in total. The predicted octanol–water partition coefficient (Wildman–Crippen LogP) is 1.23. The van der Waals surface area contributed by atoms with Gasteiger partial charge in [0.25, 0.3) is 0 Å². The lowest BCUT2D eigenvalue weighted by atomic mass is 10.0. The highest BCUT2D eigenvalue weighted by Crippen LogP contribution is 2.20. The van der Waals surface area contributed by atoms with E-state index in [-0.39, 0.29) is 4.90 Å². The Morgan fingerprint density at radius 3 is 2.40 bits per heavy atom. The van der Waals surface area contributed by atoms with Gasteiger partial charge in [0.1, 0.15) is 5.75 Å². The van der Waals surface area contributed by atoms with Gasteiger partial charge in [-0.25, -0.2) is 0 Å². The van der Waals surface area contributed by atoms with Gasteiger partial charge in [-0.2, -0.15) is 0 Å². The number of nitrogens with zero attached hydrogens (tertiary/aromatic N) is 2. The van der Waals surface area contributed by atoms with Crippen LogP contribution in [0.3, 0.4) is 0 Å². The van der Waals surface area contributed by atoms with Crippen molar-refractivity contribution in [3.05, 3.63) is 23.8 Å². The summed E-state index contributed by atoms with van der Waals surface area (Å²) in [6, 6.07) is 5.62. The smallest absolute Gasteiger partial charge is 0.122 e. The van der Waals surface area contributed by atoms with Gasteiger partial charge in [0, 0.05) is 37.1 Å². The van der Waals surface area contributed by atoms with E-state index in [2.05, 4.69) is 22.2 Å². The summed E-state index contributed by atoms with van der Waals surface area (Å²) in [5, 5.41) is 3.43. The van der Waals surface area contributed by atoms with Crippen molar-refractivity contribution in [3.63, 3.8) is 0 Å². The number of methoxy groups -OCH3 is 1. The third kappa shape index (κ3) is 6.34. The van der Waals surface area contributed by atoms with E-state index >= 15 is 0 Å². The second kappa shape index (κ2) is 10.2. The molecular formula is C18H30N3O3S-. The van der Waals surface area contributed by atoms with Crippen molar-refractivity contribution in [2.75, 3.05) is 53.4 Å². The summed E-state index contributed by atoms with van der Waals surface area (Å²) in [5.41, 5.74) is 0.923. The Balaban J connectivity index is 0.000000181. The number of ether oxygens (including phenoxy) is 1. The number of benzene rings is 1. The second-order valence-corrected chi connectivity index (χ2v) is 7.63. The van der Waals surface area contributed by atoms with E-state index in [1.165, 1.54) is 65.3 Å². The molecule has 0 saturated carbocycles. The van der Waals surface area contributed by atoms with Gasteiger partial charge in [-0.3, -0.25) is 9.11 Å². The van der Waals surface area contributed by atoms with E-state index in [0.717, 1.165) is 11.6 Å². The quantitative estimate of drug-likeness (QED) is 0.810. The molecule has 0 spiro atoms. The molecule has 2 fully saturated rings. The SMILES string of the molecule is CN1CCN(C2CCNCC2)CC1.COc1cc(S(=O)[O-])ccc1C. The first-order valence-electron chi connectivity index (χ1n) is 8.88. The Hall–Kier alpha value is -0.990. The lowest BCUT2D eigenvalue weighted by Crippen LogP contribution is -2.51. The van der Waals surface area contributed by atoms with Gasteiger partial charge in [-0.05, 0) is 68.7 Å². The number of hydrogen-bond donors (Lipinski definition) is 1. The lowest BCUT2D eigenvalue weighted by Gasteiger charge is -2.39. The lowest BCUT2D eigenvalue weighted by molar-refractivity contribution is 0.0948. The number of nitrogens with one attached hydrogen (secondary N) is 1. The first-order chi connectivity index (χ1) is 12.0. The maximum Gasteiger partial charge on any atom is 0.122 e. The zero-order valence-corrected chi connectivity index (χ0v) is 16.3. The maximum atomic E-state index is 10.5. The molecule has 2 aliphatic rings. The average Bonchev–Trinajstić information content (AvgIpc) is 2.64. The van der Waals surface area contributed by atoms with Crippen LogP contribution in [0.1, 0.15) is 18.4 Å². The van der Waals surface area contributed by atoms with Crippen molar-refractivity contribution in [2.45, 2.75) is 30.7 Å². The van der Waals surface area contributed by atoms with Crippen LogP contribution in [-0.4, -0.2) is 78.0 Å². The summed E-state index contributed by atoms with van der Waals surface area (Å²) >= 11 is -2.18. The number of aryl methyl sites for hydroxylation is 1.